The number of anilines is 1. The SMILES string of the molecule is CC1(C)[C@H](C(=O)O)[C@@H]1C(=O)Nc1c(F)cccc1[N+](=O)[O-]. The highest BCUT2D eigenvalue weighted by Crippen LogP contribution is 2.58. The standard InChI is InChI=1S/C13H13FN2O5/c1-13(2)8(9(13)12(18)19)11(17)15-10-6(14)4-3-5-7(10)16(20)21/h3-5,8-9H,1-2H3,(H,15,17)(H,18,19)/t8-,9+/m1/s1. The number of carbonyl (C=O) groups is 2. The summed E-state index contributed by atoms with van der Waals surface area (Å²) in [5.41, 5.74) is -1.89. The van der Waals surface area contributed by atoms with Crippen LogP contribution >= 0.6 is 0 Å². The topological polar surface area (TPSA) is 110 Å². The fraction of sp³-hybridized carbons (Fsp3) is 0.385. The predicted octanol–water partition coefficient (Wildman–Crippen LogP) is 2.03. The van der Waals surface area contributed by atoms with Crippen LogP contribution in [-0.4, -0.2) is 21.9 Å². The molecule has 0 saturated heterocycles. The first-order valence-corrected chi connectivity index (χ1v) is 6.14. The summed E-state index contributed by atoms with van der Waals surface area (Å²) >= 11 is 0. The number of halogens is 1. The van der Waals surface area contributed by atoms with Crippen LogP contribution < -0.4 is 5.32 Å². The van der Waals surface area contributed by atoms with Crippen molar-refractivity contribution in [2.45, 2.75) is 13.8 Å². The van der Waals surface area contributed by atoms with Crippen LogP contribution in [0.5, 0.6) is 0 Å². The lowest BCUT2D eigenvalue weighted by Gasteiger charge is -2.07. The molecule has 2 rings (SSSR count). The summed E-state index contributed by atoms with van der Waals surface area (Å²) in [5.74, 6) is -4.54. The van der Waals surface area contributed by atoms with Gasteiger partial charge in [-0.2, -0.15) is 0 Å². The number of nitrogens with one attached hydrogen (secondary N) is 1. The monoisotopic (exact) mass is 296 g/mol. The lowest BCUT2D eigenvalue weighted by atomic mass is 10.1. The van der Waals surface area contributed by atoms with Gasteiger partial charge in [0.05, 0.1) is 16.8 Å². The second-order valence-corrected chi connectivity index (χ2v) is 5.50. The van der Waals surface area contributed by atoms with Crippen molar-refractivity contribution >= 4 is 23.3 Å². The number of carboxylic acids is 1. The summed E-state index contributed by atoms with van der Waals surface area (Å²) in [6, 6.07) is 3.20. The van der Waals surface area contributed by atoms with Crippen molar-refractivity contribution in [3.05, 3.63) is 34.1 Å². The molecule has 0 unspecified atom stereocenters. The summed E-state index contributed by atoms with van der Waals surface area (Å²) in [6.45, 7) is 3.21. The Hall–Kier alpha value is -2.51. The van der Waals surface area contributed by atoms with E-state index in [1.165, 1.54) is 0 Å². The van der Waals surface area contributed by atoms with E-state index in [2.05, 4.69) is 5.32 Å². The Labute approximate surface area is 118 Å². The van der Waals surface area contributed by atoms with Crippen LogP contribution in [0.25, 0.3) is 0 Å². The average Bonchev–Trinajstić information content (AvgIpc) is 2.94. The van der Waals surface area contributed by atoms with Crippen molar-refractivity contribution in [3.8, 4) is 0 Å². The molecular weight excluding hydrogens is 283 g/mol. The predicted molar refractivity (Wildman–Crippen MR) is 70.1 cm³/mol. The Balaban J connectivity index is 2.26. The van der Waals surface area contributed by atoms with Crippen molar-refractivity contribution in [3.63, 3.8) is 0 Å². The van der Waals surface area contributed by atoms with Crippen molar-refractivity contribution in [2.24, 2.45) is 17.3 Å². The number of carboxylic acid groups (broad SMARTS) is 1. The third-order valence-electron chi connectivity index (χ3n) is 3.81. The van der Waals surface area contributed by atoms with E-state index >= 15 is 0 Å². The second kappa shape index (κ2) is 4.80. The third kappa shape index (κ3) is 2.44. The Morgan fingerprint density at radius 3 is 2.48 bits per heavy atom. The van der Waals surface area contributed by atoms with Crippen LogP contribution in [0.3, 0.4) is 0 Å². The minimum Gasteiger partial charge on any atom is -0.481 e. The second-order valence-electron chi connectivity index (χ2n) is 5.50. The number of nitrogens with zero attached hydrogens (tertiary/aromatic N) is 1. The van der Waals surface area contributed by atoms with Gasteiger partial charge in [-0.15, -0.1) is 0 Å². The molecule has 0 heterocycles. The Morgan fingerprint density at radius 1 is 1.38 bits per heavy atom. The van der Waals surface area contributed by atoms with Crippen molar-refractivity contribution in [2.75, 3.05) is 5.32 Å². The first kappa shape index (κ1) is 14.9. The van der Waals surface area contributed by atoms with E-state index in [1.807, 2.05) is 0 Å². The lowest BCUT2D eigenvalue weighted by molar-refractivity contribution is -0.384. The number of hydrogen-bond donors (Lipinski definition) is 2. The first-order valence-electron chi connectivity index (χ1n) is 6.14. The summed E-state index contributed by atoms with van der Waals surface area (Å²) in [7, 11) is 0. The highest BCUT2D eigenvalue weighted by molar-refractivity contribution is 6.01. The number of amides is 1. The normalized spacial score (nSPS) is 22.4. The van der Waals surface area contributed by atoms with Gasteiger partial charge in [0.1, 0.15) is 0 Å². The van der Waals surface area contributed by atoms with Gasteiger partial charge in [-0.05, 0) is 11.5 Å². The van der Waals surface area contributed by atoms with E-state index in [9.17, 15) is 24.1 Å². The summed E-state index contributed by atoms with van der Waals surface area (Å²) < 4.78 is 13.7. The van der Waals surface area contributed by atoms with Gasteiger partial charge in [0, 0.05) is 6.07 Å². The smallest absolute Gasteiger partial charge is 0.307 e. The van der Waals surface area contributed by atoms with Crippen LogP contribution in [0.2, 0.25) is 0 Å². The van der Waals surface area contributed by atoms with Crippen molar-refractivity contribution < 1.29 is 24.0 Å². The lowest BCUT2D eigenvalue weighted by Crippen LogP contribution is -2.19. The molecular formula is C13H13FN2O5. The highest BCUT2D eigenvalue weighted by Gasteiger charge is 2.66. The molecule has 1 saturated carbocycles. The molecule has 2 N–H and O–H groups in total. The summed E-state index contributed by atoms with van der Waals surface area (Å²) in [5, 5.41) is 22.0. The van der Waals surface area contributed by atoms with Gasteiger partial charge in [-0.3, -0.25) is 19.7 Å². The minimum absolute atomic E-state index is 0.542. The highest BCUT2D eigenvalue weighted by atomic mass is 19.1. The molecule has 0 spiro atoms. The number of aliphatic carboxylic acids is 1. The summed E-state index contributed by atoms with van der Waals surface area (Å²) in [6.07, 6.45) is 0. The van der Waals surface area contributed by atoms with E-state index < -0.39 is 51.2 Å². The van der Waals surface area contributed by atoms with Gasteiger partial charge >= 0.3 is 5.97 Å². The van der Waals surface area contributed by atoms with Crippen molar-refractivity contribution in [1.29, 1.82) is 0 Å². The molecule has 8 heteroatoms. The Kier molecular flexibility index (Phi) is 3.40. The minimum atomic E-state index is -1.12. The fourth-order valence-electron chi connectivity index (χ4n) is 2.58. The van der Waals surface area contributed by atoms with E-state index in [-0.39, 0.29) is 0 Å². The quantitative estimate of drug-likeness (QED) is 0.652. The molecule has 1 amide bonds. The Morgan fingerprint density at radius 2 is 2.00 bits per heavy atom. The fourth-order valence-corrected chi connectivity index (χ4v) is 2.58. The van der Waals surface area contributed by atoms with Gasteiger partial charge in [-0.1, -0.05) is 19.9 Å². The molecule has 112 valence electrons. The van der Waals surface area contributed by atoms with E-state index in [0.29, 0.717) is 0 Å². The molecule has 1 aliphatic carbocycles. The largest absolute Gasteiger partial charge is 0.481 e. The van der Waals surface area contributed by atoms with Crippen LogP contribution in [0.15, 0.2) is 18.2 Å². The van der Waals surface area contributed by atoms with Gasteiger partial charge in [0.15, 0.2) is 11.5 Å². The zero-order chi connectivity index (χ0) is 15.9. The molecule has 0 aliphatic heterocycles. The van der Waals surface area contributed by atoms with E-state index in [1.54, 1.807) is 13.8 Å². The molecule has 2 atom stereocenters. The number of carbonyl (C=O) groups excluding carboxylic acids is 1. The first-order chi connectivity index (χ1) is 9.67. The maximum absolute atomic E-state index is 13.7. The van der Waals surface area contributed by atoms with Crippen LogP contribution in [0, 0.1) is 33.2 Å². The maximum Gasteiger partial charge on any atom is 0.307 e. The van der Waals surface area contributed by atoms with Crippen LogP contribution in [0.4, 0.5) is 15.8 Å². The van der Waals surface area contributed by atoms with Crippen LogP contribution in [0.1, 0.15) is 13.8 Å². The van der Waals surface area contributed by atoms with E-state index in [4.69, 9.17) is 5.11 Å². The third-order valence-corrected chi connectivity index (χ3v) is 3.81. The number of para-hydroxylation sites is 1. The van der Waals surface area contributed by atoms with Gasteiger partial charge in [0.25, 0.3) is 5.69 Å². The molecule has 1 aromatic rings. The molecule has 1 fully saturated rings. The summed E-state index contributed by atoms with van der Waals surface area (Å²) in [4.78, 5) is 33.1. The molecule has 1 aliphatic rings. The number of nitro benzene ring substituents is 1. The molecule has 21 heavy (non-hydrogen) atoms. The number of rotatable bonds is 4. The average molecular weight is 296 g/mol. The molecule has 0 aromatic heterocycles. The number of hydrogen-bond acceptors (Lipinski definition) is 4. The van der Waals surface area contributed by atoms with Gasteiger partial charge in [0.2, 0.25) is 5.91 Å². The van der Waals surface area contributed by atoms with E-state index in [0.717, 1.165) is 18.2 Å². The van der Waals surface area contributed by atoms with Crippen LogP contribution in [-0.2, 0) is 9.59 Å². The van der Waals surface area contributed by atoms with Gasteiger partial charge in [-0.25, -0.2) is 4.39 Å². The zero-order valence-corrected chi connectivity index (χ0v) is 11.3. The molecule has 0 radical (unpaired) electrons. The van der Waals surface area contributed by atoms with Crippen molar-refractivity contribution in [1.82, 2.24) is 0 Å². The number of nitro groups is 1. The zero-order valence-electron chi connectivity index (χ0n) is 11.3. The number of benzene rings is 1. The Bertz CT molecular complexity index is 643. The molecule has 0 bridgehead atoms. The molecule has 7 nitrogen and oxygen atoms in total. The molecule has 1 aromatic carbocycles. The van der Waals surface area contributed by atoms with Gasteiger partial charge < -0.3 is 10.4 Å². The maximum atomic E-state index is 13.7.